The summed E-state index contributed by atoms with van der Waals surface area (Å²) in [5.41, 5.74) is 7.23. The minimum absolute atomic E-state index is 0.117. The number of hydrogen-bond acceptors (Lipinski definition) is 4. The molecule has 6 heteroatoms. The summed E-state index contributed by atoms with van der Waals surface area (Å²) in [6.07, 6.45) is 2.81. The molecule has 2 fully saturated rings. The van der Waals surface area contributed by atoms with Gasteiger partial charge >= 0.3 is 0 Å². The van der Waals surface area contributed by atoms with Crippen LogP contribution in [0.2, 0.25) is 0 Å². The van der Waals surface area contributed by atoms with E-state index in [4.69, 9.17) is 4.74 Å². The molecule has 1 amide bonds. The summed E-state index contributed by atoms with van der Waals surface area (Å²) < 4.78 is 18.8. The number of ether oxygens (including phenoxy) is 1. The van der Waals surface area contributed by atoms with Gasteiger partial charge in [0.1, 0.15) is 18.0 Å². The molecular weight excluding hydrogens is 297 g/mol. The Labute approximate surface area is 136 Å². The molecule has 0 bridgehead atoms. The largest absolute Gasteiger partial charge is 0.370 e. The molecule has 5 nitrogen and oxygen atoms in total. The highest BCUT2D eigenvalue weighted by Gasteiger charge is 2.34. The first-order valence-corrected chi connectivity index (χ1v) is 8.34. The molecule has 126 valence electrons. The van der Waals surface area contributed by atoms with Gasteiger partial charge in [-0.05, 0) is 30.5 Å². The first-order chi connectivity index (χ1) is 11.2. The Morgan fingerprint density at radius 1 is 1.35 bits per heavy atom. The zero-order chi connectivity index (χ0) is 16.2. The van der Waals surface area contributed by atoms with Gasteiger partial charge in [-0.25, -0.2) is 9.82 Å². The first-order valence-electron chi connectivity index (χ1n) is 8.34. The fraction of sp³-hybridized carbons (Fsp3) is 0.588. The second-order valence-electron chi connectivity index (χ2n) is 6.26. The van der Waals surface area contributed by atoms with Crippen molar-refractivity contribution >= 4 is 5.91 Å². The highest BCUT2D eigenvalue weighted by atomic mass is 19.1. The van der Waals surface area contributed by atoms with Crippen molar-refractivity contribution < 1.29 is 13.9 Å². The Morgan fingerprint density at radius 2 is 2.13 bits per heavy atom. The van der Waals surface area contributed by atoms with Gasteiger partial charge in [0.25, 0.3) is 0 Å². The standard InChI is InChI=1S/C17H24FN3O2/c1-2-3-14-10-15(20-19-14)17(22)21-8-9-23-16(11-21)12-4-6-13(18)7-5-12/h4-7,14-16,19-20H,2-3,8-11H2,1H3. The van der Waals surface area contributed by atoms with Crippen LogP contribution in [0.25, 0.3) is 0 Å². The van der Waals surface area contributed by atoms with Crippen molar-refractivity contribution in [2.45, 2.75) is 44.4 Å². The van der Waals surface area contributed by atoms with E-state index in [1.165, 1.54) is 12.1 Å². The van der Waals surface area contributed by atoms with E-state index >= 15 is 0 Å². The number of hydrogen-bond donors (Lipinski definition) is 2. The van der Waals surface area contributed by atoms with Crippen LogP contribution < -0.4 is 10.9 Å². The van der Waals surface area contributed by atoms with Gasteiger partial charge in [-0.2, -0.15) is 0 Å². The van der Waals surface area contributed by atoms with Gasteiger partial charge in [0.15, 0.2) is 0 Å². The van der Waals surface area contributed by atoms with E-state index in [0.29, 0.717) is 25.7 Å². The van der Waals surface area contributed by atoms with Crippen LogP contribution in [-0.4, -0.2) is 42.6 Å². The summed E-state index contributed by atoms with van der Waals surface area (Å²) in [6.45, 7) is 3.77. The number of benzene rings is 1. The van der Waals surface area contributed by atoms with Gasteiger partial charge in [-0.1, -0.05) is 25.5 Å². The van der Waals surface area contributed by atoms with Crippen LogP contribution in [0.1, 0.15) is 37.9 Å². The van der Waals surface area contributed by atoms with E-state index in [1.807, 2.05) is 4.90 Å². The van der Waals surface area contributed by atoms with Crippen molar-refractivity contribution in [3.8, 4) is 0 Å². The minimum atomic E-state index is -0.263. The lowest BCUT2D eigenvalue weighted by molar-refractivity contribution is -0.141. The predicted molar refractivity (Wildman–Crippen MR) is 85.0 cm³/mol. The molecule has 2 saturated heterocycles. The van der Waals surface area contributed by atoms with E-state index < -0.39 is 0 Å². The van der Waals surface area contributed by atoms with Crippen LogP contribution in [0.3, 0.4) is 0 Å². The number of carbonyl (C=O) groups excluding carboxylic acids is 1. The van der Waals surface area contributed by atoms with Crippen LogP contribution in [0.15, 0.2) is 24.3 Å². The van der Waals surface area contributed by atoms with Gasteiger partial charge in [0.05, 0.1) is 13.2 Å². The van der Waals surface area contributed by atoms with Crippen molar-refractivity contribution in [1.82, 2.24) is 15.8 Å². The quantitative estimate of drug-likeness (QED) is 0.887. The van der Waals surface area contributed by atoms with Crippen molar-refractivity contribution in [2.24, 2.45) is 0 Å². The van der Waals surface area contributed by atoms with Crippen LogP contribution >= 0.6 is 0 Å². The molecule has 2 aliphatic heterocycles. The molecule has 3 rings (SSSR count). The zero-order valence-electron chi connectivity index (χ0n) is 13.4. The second-order valence-corrected chi connectivity index (χ2v) is 6.26. The fourth-order valence-electron chi connectivity index (χ4n) is 3.27. The minimum Gasteiger partial charge on any atom is -0.370 e. The molecule has 2 N–H and O–H groups in total. The monoisotopic (exact) mass is 321 g/mol. The molecule has 0 spiro atoms. The lowest BCUT2D eigenvalue weighted by Crippen LogP contribution is -2.50. The average molecular weight is 321 g/mol. The maximum atomic E-state index is 13.0. The number of morpholine rings is 1. The smallest absolute Gasteiger partial charge is 0.241 e. The highest BCUT2D eigenvalue weighted by Crippen LogP contribution is 2.23. The number of hydrazine groups is 1. The van der Waals surface area contributed by atoms with Crippen LogP contribution in [-0.2, 0) is 9.53 Å². The number of rotatable bonds is 4. The van der Waals surface area contributed by atoms with E-state index in [1.54, 1.807) is 12.1 Å². The number of carbonyl (C=O) groups is 1. The second kappa shape index (κ2) is 7.38. The van der Waals surface area contributed by atoms with Gasteiger partial charge in [-0.15, -0.1) is 0 Å². The number of amides is 1. The Kier molecular flexibility index (Phi) is 5.25. The molecule has 0 aliphatic carbocycles. The molecular formula is C17H24FN3O2. The number of nitrogens with one attached hydrogen (secondary N) is 2. The lowest BCUT2D eigenvalue weighted by Gasteiger charge is -2.34. The fourth-order valence-corrected chi connectivity index (χ4v) is 3.27. The molecule has 1 aromatic carbocycles. The zero-order valence-corrected chi connectivity index (χ0v) is 13.4. The molecule has 2 aliphatic rings. The van der Waals surface area contributed by atoms with Gasteiger partial charge < -0.3 is 9.64 Å². The van der Waals surface area contributed by atoms with Crippen LogP contribution in [0.4, 0.5) is 4.39 Å². The third kappa shape index (κ3) is 3.88. The topological polar surface area (TPSA) is 53.6 Å². The molecule has 2 heterocycles. The number of nitrogens with zero attached hydrogens (tertiary/aromatic N) is 1. The van der Waals surface area contributed by atoms with E-state index in [2.05, 4.69) is 17.8 Å². The lowest BCUT2D eigenvalue weighted by atomic mass is 10.0. The third-order valence-corrected chi connectivity index (χ3v) is 4.54. The Morgan fingerprint density at radius 3 is 2.87 bits per heavy atom. The van der Waals surface area contributed by atoms with Gasteiger partial charge in [-0.3, -0.25) is 10.2 Å². The molecule has 3 atom stereocenters. The van der Waals surface area contributed by atoms with Crippen molar-refractivity contribution in [3.63, 3.8) is 0 Å². The Hall–Kier alpha value is -1.50. The van der Waals surface area contributed by atoms with Crippen LogP contribution in [0, 0.1) is 5.82 Å². The Bertz CT molecular complexity index is 537. The van der Waals surface area contributed by atoms with Crippen molar-refractivity contribution in [3.05, 3.63) is 35.6 Å². The molecule has 1 aromatic rings. The van der Waals surface area contributed by atoms with E-state index in [9.17, 15) is 9.18 Å². The summed E-state index contributed by atoms with van der Waals surface area (Å²) in [5, 5.41) is 0. The summed E-state index contributed by atoms with van der Waals surface area (Å²) in [4.78, 5) is 14.5. The maximum absolute atomic E-state index is 13.0. The summed E-state index contributed by atoms with van der Waals surface area (Å²) >= 11 is 0. The van der Waals surface area contributed by atoms with Gasteiger partial charge in [0.2, 0.25) is 5.91 Å². The molecule has 23 heavy (non-hydrogen) atoms. The van der Waals surface area contributed by atoms with E-state index in [-0.39, 0.29) is 23.9 Å². The summed E-state index contributed by atoms with van der Waals surface area (Å²) in [7, 11) is 0. The van der Waals surface area contributed by atoms with E-state index in [0.717, 1.165) is 24.8 Å². The summed E-state index contributed by atoms with van der Waals surface area (Å²) in [5.74, 6) is -0.146. The molecule has 0 aromatic heterocycles. The number of halogens is 1. The normalized spacial score (nSPS) is 28.1. The molecule has 3 unspecified atom stereocenters. The Balaban J connectivity index is 1.60. The van der Waals surface area contributed by atoms with Crippen molar-refractivity contribution in [2.75, 3.05) is 19.7 Å². The van der Waals surface area contributed by atoms with Crippen LogP contribution in [0.5, 0.6) is 0 Å². The first kappa shape index (κ1) is 16.4. The SMILES string of the molecule is CCCC1CC(C(=O)N2CCOC(c3ccc(F)cc3)C2)NN1. The maximum Gasteiger partial charge on any atom is 0.241 e. The summed E-state index contributed by atoms with van der Waals surface area (Å²) in [6, 6.07) is 6.50. The predicted octanol–water partition coefficient (Wildman–Crippen LogP) is 1.76. The van der Waals surface area contributed by atoms with Gasteiger partial charge in [0, 0.05) is 12.6 Å². The van der Waals surface area contributed by atoms with Crippen molar-refractivity contribution in [1.29, 1.82) is 0 Å². The average Bonchev–Trinajstić information content (AvgIpc) is 3.04. The molecule has 0 saturated carbocycles. The molecule has 0 radical (unpaired) electrons. The highest BCUT2D eigenvalue weighted by molar-refractivity contribution is 5.82. The third-order valence-electron chi connectivity index (χ3n) is 4.54.